The van der Waals surface area contributed by atoms with Crippen molar-refractivity contribution >= 4 is 32.3 Å². The van der Waals surface area contributed by atoms with Gasteiger partial charge in [0, 0.05) is 83.0 Å². The first-order valence-corrected chi connectivity index (χ1v) is 16.6. The number of hydrogen-bond donors (Lipinski definition) is 0. The minimum absolute atomic E-state index is 0.567. The van der Waals surface area contributed by atoms with Crippen LogP contribution in [-0.4, -0.2) is 49.8 Å². The summed E-state index contributed by atoms with van der Waals surface area (Å²) < 4.78 is 0. The Morgan fingerprint density at radius 3 is 0.827 bits per heavy atom. The number of hydrogen-bond acceptors (Lipinski definition) is 10. The molecule has 242 valence electrons. The fourth-order valence-corrected chi connectivity index (χ4v) is 6.70. The third-order valence-corrected chi connectivity index (χ3v) is 9.17. The van der Waals surface area contributed by atoms with Crippen molar-refractivity contribution in [2.24, 2.45) is 0 Å². The molecule has 4 aromatic carbocycles. The Kier molecular flexibility index (Phi) is 6.88. The van der Waals surface area contributed by atoms with E-state index in [0.29, 0.717) is 34.9 Å². The Morgan fingerprint density at radius 2 is 0.519 bits per heavy atom. The molecule has 10 heteroatoms. The first kappa shape index (κ1) is 29.5. The molecule has 6 heterocycles. The molecule has 6 aromatic heterocycles. The average Bonchev–Trinajstić information content (AvgIpc) is 3.23. The van der Waals surface area contributed by atoms with Gasteiger partial charge < -0.3 is 0 Å². The lowest BCUT2D eigenvalue weighted by Gasteiger charge is -2.16. The quantitative estimate of drug-likeness (QED) is 0.159. The smallest absolute Gasteiger partial charge is 0.164 e. The number of aromatic nitrogens is 10. The minimum atomic E-state index is 0.567. The van der Waals surface area contributed by atoms with Crippen LogP contribution >= 0.6 is 0 Å². The van der Waals surface area contributed by atoms with Crippen molar-refractivity contribution in [1.82, 2.24) is 49.8 Å². The van der Waals surface area contributed by atoms with Gasteiger partial charge >= 0.3 is 0 Å². The standard InChI is InChI=1S/C42H24N10/c1-5-31-33(41-49-37(27-9-17-43-18-10-27)47-38(50-41)28-11-19-44-20-12-28)8-4-26-2-6-32-34(7-3-25(1)35(32)36(26)31)42-51-39(29-13-21-45-22-14-29)48-40(52-42)30-15-23-46-24-16-30/h1-24H. The normalized spacial score (nSPS) is 11.5. The highest BCUT2D eigenvalue weighted by Gasteiger charge is 2.20. The van der Waals surface area contributed by atoms with E-state index in [-0.39, 0.29) is 0 Å². The molecule has 0 saturated carbocycles. The second-order valence-corrected chi connectivity index (χ2v) is 12.2. The minimum Gasteiger partial charge on any atom is -0.265 e. The molecule has 0 aliphatic carbocycles. The second-order valence-electron chi connectivity index (χ2n) is 12.2. The zero-order chi connectivity index (χ0) is 34.4. The molecular formula is C42H24N10. The van der Waals surface area contributed by atoms with Crippen molar-refractivity contribution in [3.63, 3.8) is 0 Å². The van der Waals surface area contributed by atoms with E-state index in [9.17, 15) is 0 Å². The zero-order valence-corrected chi connectivity index (χ0v) is 27.3. The van der Waals surface area contributed by atoms with Gasteiger partial charge in [-0.15, -0.1) is 0 Å². The average molecular weight is 669 g/mol. The van der Waals surface area contributed by atoms with Crippen molar-refractivity contribution in [2.75, 3.05) is 0 Å². The van der Waals surface area contributed by atoms with E-state index >= 15 is 0 Å². The van der Waals surface area contributed by atoms with Gasteiger partial charge in [0.2, 0.25) is 0 Å². The van der Waals surface area contributed by atoms with Crippen LogP contribution < -0.4 is 0 Å². The molecule has 0 bridgehead atoms. The highest BCUT2D eigenvalue weighted by atomic mass is 15.0. The summed E-state index contributed by atoms with van der Waals surface area (Å²) in [5, 5.41) is 6.51. The van der Waals surface area contributed by atoms with Gasteiger partial charge in [-0.1, -0.05) is 36.4 Å². The molecule has 0 amide bonds. The van der Waals surface area contributed by atoms with Gasteiger partial charge in [-0.2, -0.15) is 0 Å². The van der Waals surface area contributed by atoms with Gasteiger partial charge in [-0.3, -0.25) is 19.9 Å². The number of rotatable bonds is 6. The van der Waals surface area contributed by atoms with Crippen LogP contribution in [0.3, 0.4) is 0 Å². The summed E-state index contributed by atoms with van der Waals surface area (Å²) >= 11 is 0. The van der Waals surface area contributed by atoms with Crippen LogP contribution in [0.4, 0.5) is 0 Å². The van der Waals surface area contributed by atoms with Gasteiger partial charge in [0.1, 0.15) is 0 Å². The first-order valence-electron chi connectivity index (χ1n) is 16.6. The summed E-state index contributed by atoms with van der Waals surface area (Å²) in [5.41, 5.74) is 5.22. The molecule has 0 aliphatic heterocycles. The van der Waals surface area contributed by atoms with Crippen LogP contribution in [-0.2, 0) is 0 Å². The highest BCUT2D eigenvalue weighted by Crippen LogP contribution is 2.42. The van der Waals surface area contributed by atoms with Gasteiger partial charge in [-0.25, -0.2) is 29.9 Å². The summed E-state index contributed by atoms with van der Waals surface area (Å²) in [6.07, 6.45) is 13.9. The lowest BCUT2D eigenvalue weighted by atomic mass is 9.89. The van der Waals surface area contributed by atoms with E-state index in [1.807, 2.05) is 48.5 Å². The fourth-order valence-electron chi connectivity index (χ4n) is 6.70. The zero-order valence-electron chi connectivity index (χ0n) is 27.3. The summed E-state index contributed by atoms with van der Waals surface area (Å²) in [6.45, 7) is 0. The van der Waals surface area contributed by atoms with Crippen LogP contribution in [0.2, 0.25) is 0 Å². The van der Waals surface area contributed by atoms with Crippen LogP contribution in [0.25, 0.3) is 101 Å². The van der Waals surface area contributed by atoms with Crippen LogP contribution in [0.15, 0.2) is 147 Å². The van der Waals surface area contributed by atoms with Crippen molar-refractivity contribution in [2.45, 2.75) is 0 Å². The molecule has 0 aliphatic rings. The molecule has 0 saturated heterocycles. The van der Waals surface area contributed by atoms with E-state index in [2.05, 4.69) is 68.5 Å². The Labute approximate surface area is 296 Å². The monoisotopic (exact) mass is 668 g/mol. The van der Waals surface area contributed by atoms with Crippen molar-refractivity contribution in [3.05, 3.63) is 147 Å². The molecule has 0 unspecified atom stereocenters. The summed E-state index contributed by atoms with van der Waals surface area (Å²) in [7, 11) is 0. The molecule has 10 aromatic rings. The van der Waals surface area contributed by atoms with Crippen molar-refractivity contribution in [1.29, 1.82) is 0 Å². The molecule has 10 nitrogen and oxygen atoms in total. The highest BCUT2D eigenvalue weighted by molar-refractivity contribution is 6.27. The Morgan fingerprint density at radius 1 is 0.250 bits per heavy atom. The van der Waals surface area contributed by atoms with Crippen LogP contribution in [0, 0.1) is 0 Å². The van der Waals surface area contributed by atoms with Crippen molar-refractivity contribution < 1.29 is 0 Å². The third-order valence-electron chi connectivity index (χ3n) is 9.17. The predicted octanol–water partition coefficient (Wildman–Crippen LogP) is 8.54. The van der Waals surface area contributed by atoms with Gasteiger partial charge in [0.05, 0.1) is 0 Å². The van der Waals surface area contributed by atoms with Gasteiger partial charge in [0.15, 0.2) is 34.9 Å². The number of nitrogens with zero attached hydrogens (tertiary/aromatic N) is 10. The SMILES string of the molecule is c1cc(-c2nc(-c3ccncc3)nc(-c3ccc4ccc5c(-c6nc(-c7ccncc7)nc(-c7ccncc7)n6)ccc6ccc3c4c65)n2)ccn1. The number of benzene rings is 4. The van der Waals surface area contributed by atoms with Gasteiger partial charge in [0.25, 0.3) is 0 Å². The van der Waals surface area contributed by atoms with Gasteiger partial charge in [-0.05, 0) is 93.0 Å². The first-order chi connectivity index (χ1) is 25.8. The Bertz CT molecular complexity index is 2570. The third kappa shape index (κ3) is 5.05. The lowest BCUT2D eigenvalue weighted by molar-refractivity contribution is 1.07. The van der Waals surface area contributed by atoms with E-state index in [4.69, 9.17) is 29.9 Å². The molecule has 0 radical (unpaired) electrons. The predicted molar refractivity (Wildman–Crippen MR) is 201 cm³/mol. The van der Waals surface area contributed by atoms with E-state index < -0.39 is 0 Å². The molecule has 0 atom stereocenters. The number of pyridine rings is 4. The maximum absolute atomic E-state index is 5.02. The molecule has 0 spiro atoms. The van der Waals surface area contributed by atoms with Crippen molar-refractivity contribution in [3.8, 4) is 68.3 Å². The Balaban J connectivity index is 1.20. The van der Waals surface area contributed by atoms with Crippen LogP contribution in [0.5, 0.6) is 0 Å². The molecule has 52 heavy (non-hydrogen) atoms. The largest absolute Gasteiger partial charge is 0.265 e. The Hall–Kier alpha value is -7.46. The summed E-state index contributed by atoms with van der Waals surface area (Å²) in [5.74, 6) is 3.42. The second kappa shape index (κ2) is 12.1. The van der Waals surface area contributed by atoms with Crippen LogP contribution in [0.1, 0.15) is 0 Å². The molecule has 10 rings (SSSR count). The molecular weight excluding hydrogens is 645 g/mol. The summed E-state index contributed by atoms with van der Waals surface area (Å²) in [6, 6.07) is 32.3. The summed E-state index contributed by atoms with van der Waals surface area (Å²) in [4.78, 5) is 46.6. The van der Waals surface area contributed by atoms with E-state index in [1.165, 1.54) is 0 Å². The topological polar surface area (TPSA) is 129 Å². The molecule has 0 N–H and O–H groups in total. The van der Waals surface area contributed by atoms with E-state index in [0.717, 1.165) is 65.7 Å². The van der Waals surface area contributed by atoms with E-state index in [1.54, 1.807) is 49.6 Å². The maximum atomic E-state index is 5.02. The fraction of sp³-hybridized carbons (Fsp3) is 0. The lowest BCUT2D eigenvalue weighted by Crippen LogP contribution is -2.01. The maximum Gasteiger partial charge on any atom is 0.164 e. The molecule has 0 fully saturated rings.